The fraction of sp³-hybridized carbons (Fsp3) is 0.467. The highest BCUT2D eigenvalue weighted by Crippen LogP contribution is 2.18. The van der Waals surface area contributed by atoms with Crippen molar-refractivity contribution < 1.29 is 14.3 Å². The summed E-state index contributed by atoms with van der Waals surface area (Å²) in [5.41, 5.74) is 1.09. The molecule has 0 unspecified atom stereocenters. The Hall–Kier alpha value is -1.84. The van der Waals surface area contributed by atoms with Crippen molar-refractivity contribution in [1.29, 1.82) is 0 Å². The predicted molar refractivity (Wildman–Crippen MR) is 72.1 cm³/mol. The molecule has 0 bridgehead atoms. The number of nitrogens with zero attached hydrogens (tertiary/aromatic N) is 1. The molecule has 1 aliphatic heterocycles. The first-order chi connectivity index (χ1) is 9.11. The topological polar surface area (TPSA) is 46.6 Å². The van der Waals surface area contributed by atoms with Gasteiger partial charge < -0.3 is 9.64 Å². The van der Waals surface area contributed by atoms with Crippen molar-refractivity contribution in [3.05, 3.63) is 35.4 Å². The summed E-state index contributed by atoms with van der Waals surface area (Å²) in [6.45, 7) is 3.85. The minimum atomic E-state index is -0.384. The molecule has 1 amide bonds. The zero-order valence-electron chi connectivity index (χ0n) is 11.4. The maximum absolute atomic E-state index is 12.3. The van der Waals surface area contributed by atoms with E-state index in [1.54, 1.807) is 24.3 Å². The quantitative estimate of drug-likeness (QED) is 0.768. The highest BCUT2D eigenvalue weighted by atomic mass is 16.5. The maximum Gasteiger partial charge on any atom is 0.337 e. The minimum Gasteiger partial charge on any atom is -0.465 e. The summed E-state index contributed by atoms with van der Waals surface area (Å²) >= 11 is 0. The van der Waals surface area contributed by atoms with Gasteiger partial charge in [-0.15, -0.1) is 0 Å². The normalized spacial score (nSPS) is 16.2. The zero-order valence-corrected chi connectivity index (χ0v) is 11.4. The number of carbonyl (C=O) groups is 2. The standard InChI is InChI=1S/C15H19NO3/c1-11-7-9-16(10-8-11)14(17)12-3-5-13(6-4-12)15(18)19-2/h3-6,11H,7-10H2,1-2H3. The van der Waals surface area contributed by atoms with Crippen molar-refractivity contribution in [2.24, 2.45) is 5.92 Å². The van der Waals surface area contributed by atoms with Crippen LogP contribution in [0.1, 0.15) is 40.5 Å². The highest BCUT2D eigenvalue weighted by molar-refractivity contribution is 5.96. The Morgan fingerprint density at radius 2 is 1.63 bits per heavy atom. The number of ether oxygens (including phenoxy) is 1. The highest BCUT2D eigenvalue weighted by Gasteiger charge is 2.21. The van der Waals surface area contributed by atoms with Gasteiger partial charge in [0.15, 0.2) is 0 Å². The molecule has 0 N–H and O–H groups in total. The molecule has 1 aromatic carbocycles. The van der Waals surface area contributed by atoms with Crippen molar-refractivity contribution in [2.75, 3.05) is 20.2 Å². The summed E-state index contributed by atoms with van der Waals surface area (Å²) in [4.78, 5) is 25.5. The molecule has 0 saturated carbocycles. The van der Waals surface area contributed by atoms with E-state index in [2.05, 4.69) is 11.7 Å². The van der Waals surface area contributed by atoms with Crippen molar-refractivity contribution in [3.8, 4) is 0 Å². The third kappa shape index (κ3) is 3.13. The summed E-state index contributed by atoms with van der Waals surface area (Å²) in [5.74, 6) is 0.361. The van der Waals surface area contributed by atoms with Crippen LogP contribution in [0.2, 0.25) is 0 Å². The van der Waals surface area contributed by atoms with E-state index in [4.69, 9.17) is 0 Å². The smallest absolute Gasteiger partial charge is 0.337 e. The van der Waals surface area contributed by atoms with Gasteiger partial charge in [-0.25, -0.2) is 4.79 Å². The molecule has 1 heterocycles. The lowest BCUT2D eigenvalue weighted by Gasteiger charge is -2.30. The second-order valence-electron chi connectivity index (χ2n) is 5.04. The summed E-state index contributed by atoms with van der Waals surface area (Å²) in [6.07, 6.45) is 2.12. The number of hydrogen-bond donors (Lipinski definition) is 0. The number of piperidine rings is 1. The number of carbonyl (C=O) groups excluding carboxylic acids is 2. The molecule has 1 saturated heterocycles. The van der Waals surface area contributed by atoms with Gasteiger partial charge in [0.25, 0.3) is 5.91 Å². The molecule has 4 nitrogen and oxygen atoms in total. The van der Waals surface area contributed by atoms with Gasteiger partial charge in [-0.2, -0.15) is 0 Å². The lowest BCUT2D eigenvalue weighted by Crippen LogP contribution is -2.37. The van der Waals surface area contributed by atoms with Crippen LogP contribution in [-0.4, -0.2) is 37.0 Å². The number of methoxy groups -OCH3 is 1. The fourth-order valence-corrected chi connectivity index (χ4v) is 2.26. The second-order valence-corrected chi connectivity index (χ2v) is 5.04. The van der Waals surface area contributed by atoms with Crippen molar-refractivity contribution in [3.63, 3.8) is 0 Å². The van der Waals surface area contributed by atoms with Gasteiger partial charge in [-0.1, -0.05) is 6.92 Å². The van der Waals surface area contributed by atoms with E-state index in [0.29, 0.717) is 17.0 Å². The third-order valence-corrected chi connectivity index (χ3v) is 3.62. The molecule has 0 atom stereocenters. The van der Waals surface area contributed by atoms with Crippen LogP contribution in [0.5, 0.6) is 0 Å². The summed E-state index contributed by atoms with van der Waals surface area (Å²) in [7, 11) is 1.34. The van der Waals surface area contributed by atoms with Crippen LogP contribution < -0.4 is 0 Å². The molecular weight excluding hydrogens is 242 g/mol. The van der Waals surface area contributed by atoms with Gasteiger partial charge in [-0.05, 0) is 43.0 Å². The van der Waals surface area contributed by atoms with E-state index in [1.807, 2.05) is 4.90 Å². The van der Waals surface area contributed by atoms with Gasteiger partial charge in [0.05, 0.1) is 12.7 Å². The van der Waals surface area contributed by atoms with Gasteiger partial charge in [0.2, 0.25) is 0 Å². The van der Waals surface area contributed by atoms with E-state index in [-0.39, 0.29) is 11.9 Å². The third-order valence-electron chi connectivity index (χ3n) is 3.62. The molecule has 4 heteroatoms. The minimum absolute atomic E-state index is 0.0447. The summed E-state index contributed by atoms with van der Waals surface area (Å²) in [5, 5.41) is 0. The molecule has 19 heavy (non-hydrogen) atoms. The number of likely N-dealkylation sites (tertiary alicyclic amines) is 1. The molecule has 0 aromatic heterocycles. The van der Waals surface area contributed by atoms with Crippen LogP contribution in [0.4, 0.5) is 0 Å². The number of benzene rings is 1. The number of hydrogen-bond acceptors (Lipinski definition) is 3. The molecule has 1 aromatic rings. The molecular formula is C15H19NO3. The Kier molecular flexibility index (Phi) is 4.20. The SMILES string of the molecule is COC(=O)c1ccc(C(=O)N2CCC(C)CC2)cc1. The Morgan fingerprint density at radius 3 is 2.16 bits per heavy atom. The van der Waals surface area contributed by atoms with Crippen LogP contribution in [0, 0.1) is 5.92 Å². The fourth-order valence-electron chi connectivity index (χ4n) is 2.26. The van der Waals surface area contributed by atoms with E-state index in [1.165, 1.54) is 7.11 Å². The largest absolute Gasteiger partial charge is 0.465 e. The van der Waals surface area contributed by atoms with Crippen LogP contribution in [0.15, 0.2) is 24.3 Å². The van der Waals surface area contributed by atoms with E-state index < -0.39 is 0 Å². The van der Waals surface area contributed by atoms with Gasteiger partial charge in [0.1, 0.15) is 0 Å². The molecule has 2 rings (SSSR count). The molecule has 1 fully saturated rings. The molecule has 0 spiro atoms. The predicted octanol–water partition coefficient (Wildman–Crippen LogP) is 2.35. The summed E-state index contributed by atoms with van der Waals surface area (Å²) in [6, 6.07) is 6.64. The molecule has 0 aliphatic carbocycles. The number of esters is 1. The van der Waals surface area contributed by atoms with Crippen LogP contribution >= 0.6 is 0 Å². The molecule has 1 aliphatic rings. The Balaban J connectivity index is 2.05. The first-order valence-corrected chi connectivity index (χ1v) is 6.59. The first-order valence-electron chi connectivity index (χ1n) is 6.59. The van der Waals surface area contributed by atoms with Crippen LogP contribution in [0.25, 0.3) is 0 Å². The average Bonchev–Trinajstić information content (AvgIpc) is 2.46. The van der Waals surface area contributed by atoms with E-state index in [0.717, 1.165) is 25.9 Å². The summed E-state index contributed by atoms with van der Waals surface area (Å²) < 4.78 is 4.63. The van der Waals surface area contributed by atoms with Crippen molar-refractivity contribution in [1.82, 2.24) is 4.90 Å². The number of rotatable bonds is 2. The molecule has 102 valence electrons. The Labute approximate surface area is 113 Å². The van der Waals surface area contributed by atoms with Gasteiger partial charge in [-0.3, -0.25) is 4.79 Å². The monoisotopic (exact) mass is 261 g/mol. The molecule has 0 radical (unpaired) electrons. The van der Waals surface area contributed by atoms with Crippen molar-refractivity contribution >= 4 is 11.9 Å². The lowest BCUT2D eigenvalue weighted by atomic mass is 9.98. The van der Waals surface area contributed by atoms with Gasteiger partial charge in [0, 0.05) is 18.7 Å². The van der Waals surface area contributed by atoms with Crippen molar-refractivity contribution in [2.45, 2.75) is 19.8 Å². The second kappa shape index (κ2) is 5.87. The maximum atomic E-state index is 12.3. The first kappa shape index (κ1) is 13.6. The lowest BCUT2D eigenvalue weighted by molar-refractivity contribution is 0.0599. The van der Waals surface area contributed by atoms with Crippen LogP contribution in [-0.2, 0) is 4.74 Å². The van der Waals surface area contributed by atoms with Gasteiger partial charge >= 0.3 is 5.97 Å². The Bertz CT molecular complexity index is 459. The number of amides is 1. The van der Waals surface area contributed by atoms with E-state index >= 15 is 0 Å². The van der Waals surface area contributed by atoms with E-state index in [9.17, 15) is 9.59 Å². The van der Waals surface area contributed by atoms with Crippen LogP contribution in [0.3, 0.4) is 0 Å². The average molecular weight is 261 g/mol. The zero-order chi connectivity index (χ0) is 13.8. The Morgan fingerprint density at radius 1 is 1.11 bits per heavy atom.